The summed E-state index contributed by atoms with van der Waals surface area (Å²) in [5.41, 5.74) is 2.28. The Balaban J connectivity index is 1.66. The van der Waals surface area contributed by atoms with Crippen molar-refractivity contribution >= 4 is 17.7 Å². The zero-order valence-electron chi connectivity index (χ0n) is 15.2. The zero-order valence-corrected chi connectivity index (χ0v) is 16.1. The van der Waals surface area contributed by atoms with Gasteiger partial charge in [0.15, 0.2) is 5.16 Å². The van der Waals surface area contributed by atoms with Gasteiger partial charge in [-0.1, -0.05) is 43.7 Å². The molecule has 1 amide bonds. The number of nitrogens with one attached hydrogen (secondary N) is 1. The van der Waals surface area contributed by atoms with Crippen molar-refractivity contribution in [2.75, 3.05) is 0 Å². The molecule has 1 aromatic carbocycles. The van der Waals surface area contributed by atoms with E-state index in [-0.39, 0.29) is 11.2 Å². The molecule has 1 aliphatic rings. The first-order valence-corrected chi connectivity index (χ1v) is 10.00. The number of aromatic nitrogens is 2. The number of rotatable bonds is 5. The second-order valence-electron chi connectivity index (χ2n) is 7.06. The van der Waals surface area contributed by atoms with Gasteiger partial charge in [0.05, 0.1) is 5.25 Å². The maximum atomic E-state index is 12.6. The van der Waals surface area contributed by atoms with E-state index in [0.29, 0.717) is 12.0 Å². The van der Waals surface area contributed by atoms with Gasteiger partial charge < -0.3 is 5.32 Å². The van der Waals surface area contributed by atoms with Crippen LogP contribution < -0.4 is 5.32 Å². The van der Waals surface area contributed by atoms with Crippen LogP contribution in [0.4, 0.5) is 0 Å². The predicted octanol–water partition coefficient (Wildman–Crippen LogP) is 4.36. The fourth-order valence-corrected chi connectivity index (χ4v) is 4.29. The first-order chi connectivity index (χ1) is 12.0. The summed E-state index contributed by atoms with van der Waals surface area (Å²) in [5.74, 6) is 0.687. The molecule has 0 radical (unpaired) electrons. The van der Waals surface area contributed by atoms with Crippen LogP contribution in [0.5, 0.6) is 0 Å². The predicted molar refractivity (Wildman–Crippen MR) is 103 cm³/mol. The fourth-order valence-electron chi connectivity index (χ4n) is 3.39. The SMILES string of the molecule is Cc1cccc(-n2ccnc2S[C@@H](C)C(=O)N[C@H]2CCCC[C@@H]2C)c1. The van der Waals surface area contributed by atoms with Gasteiger partial charge in [-0.3, -0.25) is 9.36 Å². The summed E-state index contributed by atoms with van der Waals surface area (Å²) < 4.78 is 2.05. The number of carbonyl (C=O) groups is 1. The molecular weight excluding hydrogens is 330 g/mol. The molecule has 0 saturated heterocycles. The number of nitrogens with zero attached hydrogens (tertiary/aromatic N) is 2. The third-order valence-electron chi connectivity index (χ3n) is 4.98. The second kappa shape index (κ2) is 8.09. The lowest BCUT2D eigenvalue weighted by Gasteiger charge is -2.30. The summed E-state index contributed by atoms with van der Waals surface area (Å²) in [6.45, 7) is 6.28. The summed E-state index contributed by atoms with van der Waals surface area (Å²) in [5, 5.41) is 3.94. The van der Waals surface area contributed by atoms with Crippen LogP contribution in [0.1, 0.15) is 45.1 Å². The first-order valence-electron chi connectivity index (χ1n) is 9.12. The van der Waals surface area contributed by atoms with Crippen molar-refractivity contribution in [1.82, 2.24) is 14.9 Å². The monoisotopic (exact) mass is 357 g/mol. The van der Waals surface area contributed by atoms with Gasteiger partial charge in [0.1, 0.15) is 0 Å². The van der Waals surface area contributed by atoms with Gasteiger partial charge in [0.2, 0.25) is 5.91 Å². The molecule has 1 aromatic heterocycles. The highest BCUT2D eigenvalue weighted by Crippen LogP contribution is 2.27. The zero-order chi connectivity index (χ0) is 17.8. The van der Waals surface area contributed by atoms with Crippen molar-refractivity contribution in [2.24, 2.45) is 5.92 Å². The molecule has 0 bridgehead atoms. The molecule has 0 unspecified atom stereocenters. The molecule has 25 heavy (non-hydrogen) atoms. The molecule has 1 saturated carbocycles. The fraction of sp³-hybridized carbons (Fsp3) is 0.500. The molecule has 1 heterocycles. The summed E-state index contributed by atoms with van der Waals surface area (Å²) in [7, 11) is 0. The van der Waals surface area contributed by atoms with Crippen molar-refractivity contribution < 1.29 is 4.79 Å². The molecule has 3 rings (SSSR count). The van der Waals surface area contributed by atoms with Crippen LogP contribution in [0, 0.1) is 12.8 Å². The number of imidazole rings is 1. The molecule has 1 fully saturated rings. The van der Waals surface area contributed by atoms with E-state index < -0.39 is 0 Å². The number of benzene rings is 1. The van der Waals surface area contributed by atoms with E-state index >= 15 is 0 Å². The maximum absolute atomic E-state index is 12.6. The molecule has 5 heteroatoms. The van der Waals surface area contributed by atoms with Crippen LogP contribution in [0.15, 0.2) is 41.8 Å². The molecule has 134 valence electrons. The van der Waals surface area contributed by atoms with E-state index in [4.69, 9.17) is 0 Å². The van der Waals surface area contributed by atoms with Crippen LogP contribution in [-0.4, -0.2) is 26.8 Å². The van der Waals surface area contributed by atoms with E-state index in [1.807, 2.05) is 23.8 Å². The molecule has 0 aliphatic heterocycles. The average Bonchev–Trinajstić information content (AvgIpc) is 3.05. The molecule has 1 aliphatic carbocycles. The quantitative estimate of drug-likeness (QED) is 0.809. The van der Waals surface area contributed by atoms with Crippen molar-refractivity contribution in [3.63, 3.8) is 0 Å². The summed E-state index contributed by atoms with van der Waals surface area (Å²) >= 11 is 1.52. The number of thioether (sulfide) groups is 1. The summed E-state index contributed by atoms with van der Waals surface area (Å²) in [4.78, 5) is 17.1. The van der Waals surface area contributed by atoms with Crippen LogP contribution in [0.25, 0.3) is 5.69 Å². The van der Waals surface area contributed by atoms with Crippen molar-refractivity contribution in [3.05, 3.63) is 42.2 Å². The van der Waals surface area contributed by atoms with Crippen molar-refractivity contribution in [1.29, 1.82) is 0 Å². The molecule has 1 N–H and O–H groups in total. The lowest BCUT2D eigenvalue weighted by atomic mass is 9.86. The second-order valence-corrected chi connectivity index (χ2v) is 8.36. The topological polar surface area (TPSA) is 46.9 Å². The standard InChI is InChI=1S/C20H27N3OS/c1-14-7-6-9-17(13-14)23-12-11-21-20(23)25-16(3)19(24)22-18-10-5-4-8-15(18)2/h6-7,9,11-13,15-16,18H,4-5,8,10H2,1-3H3,(H,22,24)/t15-,16-,18-/m0/s1. The highest BCUT2D eigenvalue weighted by Gasteiger charge is 2.25. The molecule has 3 atom stereocenters. The van der Waals surface area contributed by atoms with E-state index in [1.54, 1.807) is 6.20 Å². The van der Waals surface area contributed by atoms with Crippen molar-refractivity contribution in [3.8, 4) is 5.69 Å². The van der Waals surface area contributed by atoms with Gasteiger partial charge in [-0.2, -0.15) is 0 Å². The molecule has 4 nitrogen and oxygen atoms in total. The minimum atomic E-state index is -0.167. The van der Waals surface area contributed by atoms with Gasteiger partial charge in [-0.05, 0) is 50.3 Å². The maximum Gasteiger partial charge on any atom is 0.233 e. The van der Waals surface area contributed by atoms with Crippen LogP contribution in [0.3, 0.4) is 0 Å². The minimum Gasteiger partial charge on any atom is -0.352 e. The number of hydrogen-bond donors (Lipinski definition) is 1. The van der Waals surface area contributed by atoms with Crippen LogP contribution in [-0.2, 0) is 4.79 Å². The van der Waals surface area contributed by atoms with Gasteiger partial charge in [0, 0.05) is 24.1 Å². The number of carbonyl (C=O) groups excluding carboxylic acids is 1. The van der Waals surface area contributed by atoms with Gasteiger partial charge in [0.25, 0.3) is 0 Å². The third kappa shape index (κ3) is 4.46. The Morgan fingerprint density at radius 3 is 2.92 bits per heavy atom. The normalized spacial score (nSPS) is 21.7. The minimum absolute atomic E-state index is 0.113. The average molecular weight is 358 g/mol. The smallest absolute Gasteiger partial charge is 0.233 e. The lowest BCUT2D eigenvalue weighted by Crippen LogP contribution is -2.44. The first kappa shape index (κ1) is 18.1. The number of hydrogen-bond acceptors (Lipinski definition) is 3. The lowest BCUT2D eigenvalue weighted by molar-refractivity contribution is -0.121. The Bertz CT molecular complexity index is 727. The largest absolute Gasteiger partial charge is 0.352 e. The highest BCUT2D eigenvalue weighted by molar-refractivity contribution is 8.00. The van der Waals surface area contributed by atoms with Crippen LogP contribution >= 0.6 is 11.8 Å². The Labute approximate surface area is 154 Å². The molecule has 2 aromatic rings. The van der Waals surface area contributed by atoms with Gasteiger partial charge in [-0.25, -0.2) is 4.98 Å². The number of aryl methyl sites for hydroxylation is 1. The summed E-state index contributed by atoms with van der Waals surface area (Å²) in [6, 6.07) is 8.63. The van der Waals surface area contributed by atoms with E-state index in [1.165, 1.54) is 36.6 Å². The number of amides is 1. The van der Waals surface area contributed by atoms with Crippen molar-refractivity contribution in [2.45, 2.75) is 62.9 Å². The Hall–Kier alpha value is -1.75. The van der Waals surface area contributed by atoms with Gasteiger partial charge in [-0.15, -0.1) is 0 Å². The van der Waals surface area contributed by atoms with Crippen LogP contribution in [0.2, 0.25) is 0 Å². The Morgan fingerprint density at radius 1 is 1.36 bits per heavy atom. The highest BCUT2D eigenvalue weighted by atomic mass is 32.2. The molecular formula is C20H27N3OS. The Morgan fingerprint density at radius 2 is 2.16 bits per heavy atom. The molecule has 0 spiro atoms. The summed E-state index contributed by atoms with van der Waals surface area (Å²) in [6.07, 6.45) is 8.55. The van der Waals surface area contributed by atoms with Gasteiger partial charge >= 0.3 is 0 Å². The van der Waals surface area contributed by atoms with E-state index in [2.05, 4.69) is 42.3 Å². The van der Waals surface area contributed by atoms with E-state index in [0.717, 1.165) is 17.3 Å². The van der Waals surface area contributed by atoms with E-state index in [9.17, 15) is 4.79 Å². The third-order valence-corrected chi connectivity index (χ3v) is 6.06. The Kier molecular flexibility index (Phi) is 5.84.